The molecule has 0 unspecified atom stereocenters. The molecule has 0 aromatic heterocycles. The van der Waals surface area contributed by atoms with Crippen molar-refractivity contribution in [1.29, 1.82) is 0 Å². The minimum Gasteiger partial charge on any atom is -0.507 e. The lowest BCUT2D eigenvalue weighted by molar-refractivity contribution is 0.0207. The summed E-state index contributed by atoms with van der Waals surface area (Å²) >= 11 is 0. The molecule has 4 nitrogen and oxygen atoms in total. The SMILES string of the molecule is CC(C)CONC(=O)c1ccccc1O. The third-order valence-corrected chi connectivity index (χ3v) is 1.73. The van der Waals surface area contributed by atoms with Gasteiger partial charge in [-0.15, -0.1) is 0 Å². The van der Waals surface area contributed by atoms with Crippen LogP contribution in [0.2, 0.25) is 0 Å². The molecule has 0 aliphatic heterocycles. The van der Waals surface area contributed by atoms with Gasteiger partial charge in [0.25, 0.3) is 5.91 Å². The number of rotatable bonds is 4. The van der Waals surface area contributed by atoms with Crippen LogP contribution in [0.1, 0.15) is 24.2 Å². The zero-order chi connectivity index (χ0) is 11.3. The highest BCUT2D eigenvalue weighted by Crippen LogP contribution is 2.14. The molecule has 0 spiro atoms. The Morgan fingerprint density at radius 2 is 2.13 bits per heavy atom. The van der Waals surface area contributed by atoms with Crippen molar-refractivity contribution < 1.29 is 14.7 Å². The standard InChI is InChI=1S/C11H15NO3/c1-8(2)7-15-12-11(14)9-5-3-4-6-10(9)13/h3-6,8,13H,7H2,1-2H3,(H,12,14). The topological polar surface area (TPSA) is 58.6 Å². The average Bonchev–Trinajstić information content (AvgIpc) is 2.17. The Kier molecular flexibility index (Phi) is 4.12. The van der Waals surface area contributed by atoms with Crippen molar-refractivity contribution in [2.24, 2.45) is 5.92 Å². The lowest BCUT2D eigenvalue weighted by Crippen LogP contribution is -2.25. The second-order valence-electron chi connectivity index (χ2n) is 3.65. The fourth-order valence-corrected chi connectivity index (χ4v) is 0.995. The molecule has 4 heteroatoms. The quantitative estimate of drug-likeness (QED) is 0.742. The predicted octanol–water partition coefficient (Wildman–Crippen LogP) is 1.71. The van der Waals surface area contributed by atoms with E-state index in [9.17, 15) is 9.90 Å². The fraction of sp³-hybridized carbons (Fsp3) is 0.364. The van der Waals surface area contributed by atoms with Crippen LogP contribution in [0, 0.1) is 5.92 Å². The van der Waals surface area contributed by atoms with E-state index in [0.717, 1.165) is 0 Å². The van der Waals surface area contributed by atoms with E-state index in [1.807, 2.05) is 13.8 Å². The molecule has 1 rings (SSSR count). The van der Waals surface area contributed by atoms with Crippen LogP contribution in [0.4, 0.5) is 0 Å². The number of carbonyl (C=O) groups excluding carboxylic acids is 1. The van der Waals surface area contributed by atoms with Gasteiger partial charge < -0.3 is 5.11 Å². The molecule has 0 radical (unpaired) electrons. The molecular formula is C11H15NO3. The van der Waals surface area contributed by atoms with Gasteiger partial charge in [0.1, 0.15) is 5.75 Å². The number of carbonyl (C=O) groups is 1. The number of hydrogen-bond acceptors (Lipinski definition) is 3. The first kappa shape index (κ1) is 11.5. The highest BCUT2D eigenvalue weighted by atomic mass is 16.6. The maximum absolute atomic E-state index is 11.5. The molecule has 0 heterocycles. The first-order valence-electron chi connectivity index (χ1n) is 4.81. The molecule has 1 aromatic carbocycles. The van der Waals surface area contributed by atoms with Crippen LogP contribution < -0.4 is 5.48 Å². The van der Waals surface area contributed by atoms with E-state index in [2.05, 4.69) is 5.48 Å². The first-order valence-corrected chi connectivity index (χ1v) is 4.81. The van der Waals surface area contributed by atoms with Crippen LogP contribution in [-0.2, 0) is 4.84 Å². The smallest absolute Gasteiger partial charge is 0.278 e. The molecule has 0 saturated heterocycles. The molecule has 0 aliphatic carbocycles. The molecule has 0 atom stereocenters. The van der Waals surface area contributed by atoms with Crippen LogP contribution in [-0.4, -0.2) is 17.6 Å². The van der Waals surface area contributed by atoms with Gasteiger partial charge >= 0.3 is 0 Å². The van der Waals surface area contributed by atoms with Gasteiger partial charge in [-0.25, -0.2) is 5.48 Å². The van der Waals surface area contributed by atoms with Gasteiger partial charge in [-0.1, -0.05) is 26.0 Å². The third kappa shape index (κ3) is 3.59. The number of nitrogens with one attached hydrogen (secondary N) is 1. The van der Waals surface area contributed by atoms with Gasteiger partial charge in [0.2, 0.25) is 0 Å². The molecule has 1 aromatic rings. The summed E-state index contributed by atoms with van der Waals surface area (Å²) in [6.07, 6.45) is 0. The van der Waals surface area contributed by atoms with E-state index in [1.54, 1.807) is 12.1 Å². The summed E-state index contributed by atoms with van der Waals surface area (Å²) in [5, 5.41) is 9.37. The highest BCUT2D eigenvalue weighted by Gasteiger charge is 2.09. The van der Waals surface area contributed by atoms with E-state index in [1.165, 1.54) is 12.1 Å². The number of para-hydroxylation sites is 1. The first-order chi connectivity index (χ1) is 7.11. The minimum absolute atomic E-state index is 0.0526. The number of aromatic hydroxyl groups is 1. The van der Waals surface area contributed by atoms with E-state index in [4.69, 9.17) is 4.84 Å². The van der Waals surface area contributed by atoms with E-state index in [0.29, 0.717) is 12.5 Å². The highest BCUT2D eigenvalue weighted by molar-refractivity contribution is 5.96. The molecule has 15 heavy (non-hydrogen) atoms. The molecule has 82 valence electrons. The summed E-state index contributed by atoms with van der Waals surface area (Å²) < 4.78 is 0. The van der Waals surface area contributed by atoms with Crippen LogP contribution in [0.3, 0.4) is 0 Å². The second kappa shape index (κ2) is 5.36. The number of benzene rings is 1. The largest absolute Gasteiger partial charge is 0.507 e. The minimum atomic E-state index is -0.436. The van der Waals surface area contributed by atoms with Crippen molar-refractivity contribution in [3.05, 3.63) is 29.8 Å². The second-order valence-corrected chi connectivity index (χ2v) is 3.65. The normalized spacial score (nSPS) is 10.3. The van der Waals surface area contributed by atoms with Gasteiger partial charge in [0.05, 0.1) is 12.2 Å². The summed E-state index contributed by atoms with van der Waals surface area (Å²) in [5.41, 5.74) is 2.48. The third-order valence-electron chi connectivity index (χ3n) is 1.73. The number of phenolic OH excluding ortho intramolecular Hbond substituents is 1. The van der Waals surface area contributed by atoms with Gasteiger partial charge in [0.15, 0.2) is 0 Å². The van der Waals surface area contributed by atoms with E-state index in [-0.39, 0.29) is 11.3 Å². The lowest BCUT2D eigenvalue weighted by atomic mass is 10.2. The van der Waals surface area contributed by atoms with Crippen LogP contribution in [0.15, 0.2) is 24.3 Å². The number of hydroxylamine groups is 1. The van der Waals surface area contributed by atoms with Gasteiger partial charge in [0, 0.05) is 0 Å². The van der Waals surface area contributed by atoms with Crippen molar-refractivity contribution in [3.8, 4) is 5.75 Å². The maximum Gasteiger partial charge on any atom is 0.278 e. The Hall–Kier alpha value is -1.55. The fourth-order valence-electron chi connectivity index (χ4n) is 0.995. The molecule has 0 saturated carbocycles. The zero-order valence-electron chi connectivity index (χ0n) is 8.86. The molecule has 0 fully saturated rings. The maximum atomic E-state index is 11.5. The summed E-state index contributed by atoms with van der Waals surface area (Å²) in [6.45, 7) is 4.40. The zero-order valence-corrected chi connectivity index (χ0v) is 8.86. The lowest BCUT2D eigenvalue weighted by Gasteiger charge is -2.08. The van der Waals surface area contributed by atoms with Crippen molar-refractivity contribution >= 4 is 5.91 Å². The number of phenols is 1. The Labute approximate surface area is 88.8 Å². The average molecular weight is 209 g/mol. The number of amides is 1. The Balaban J connectivity index is 2.51. The summed E-state index contributed by atoms with van der Waals surface area (Å²) in [5.74, 6) is -0.147. The van der Waals surface area contributed by atoms with E-state index >= 15 is 0 Å². The van der Waals surface area contributed by atoms with Crippen LogP contribution in [0.25, 0.3) is 0 Å². The van der Waals surface area contributed by atoms with Crippen molar-refractivity contribution in [2.45, 2.75) is 13.8 Å². The molecule has 0 aliphatic rings. The van der Waals surface area contributed by atoms with Crippen LogP contribution >= 0.6 is 0 Å². The van der Waals surface area contributed by atoms with Gasteiger partial charge in [-0.2, -0.15) is 0 Å². The summed E-state index contributed by atoms with van der Waals surface area (Å²) in [7, 11) is 0. The summed E-state index contributed by atoms with van der Waals surface area (Å²) in [4.78, 5) is 16.4. The molecule has 0 bridgehead atoms. The van der Waals surface area contributed by atoms with Crippen molar-refractivity contribution in [1.82, 2.24) is 5.48 Å². The molecule has 1 amide bonds. The molecular weight excluding hydrogens is 194 g/mol. The van der Waals surface area contributed by atoms with E-state index < -0.39 is 5.91 Å². The predicted molar refractivity (Wildman–Crippen MR) is 56.4 cm³/mol. The molecule has 2 N–H and O–H groups in total. The Morgan fingerprint density at radius 3 is 2.73 bits per heavy atom. The Bertz CT molecular complexity index is 336. The Morgan fingerprint density at radius 1 is 1.47 bits per heavy atom. The number of hydrogen-bond donors (Lipinski definition) is 2. The van der Waals surface area contributed by atoms with Gasteiger partial charge in [-0.05, 0) is 18.1 Å². The van der Waals surface area contributed by atoms with Crippen LogP contribution in [0.5, 0.6) is 5.75 Å². The van der Waals surface area contributed by atoms with Crippen molar-refractivity contribution in [3.63, 3.8) is 0 Å². The van der Waals surface area contributed by atoms with Crippen molar-refractivity contribution in [2.75, 3.05) is 6.61 Å². The summed E-state index contributed by atoms with van der Waals surface area (Å²) in [6, 6.07) is 6.32. The van der Waals surface area contributed by atoms with Gasteiger partial charge in [-0.3, -0.25) is 9.63 Å². The monoisotopic (exact) mass is 209 g/mol.